The second-order valence-electron chi connectivity index (χ2n) is 8.39. The van der Waals surface area contributed by atoms with Gasteiger partial charge in [0, 0.05) is 0 Å². The standard InChI is InChI=1S/C12H20.C10H16/c1-3-12(4-2)9-10-5-7-11(12)8-6-10;1-2-9-7-8-3-5-10(9)6-4-8/h5,7,10-11H,3-4,6,8-9H2,1-2H3;3,5,8-10H,2,4,6-7H2,1H3. The van der Waals surface area contributed by atoms with Gasteiger partial charge in [-0.15, -0.1) is 0 Å². The molecule has 6 aliphatic carbocycles. The number of fused-ring (bicyclic) bond motifs is 4. The van der Waals surface area contributed by atoms with Crippen molar-refractivity contribution in [1.82, 2.24) is 0 Å². The summed E-state index contributed by atoms with van der Waals surface area (Å²) < 4.78 is 0. The van der Waals surface area contributed by atoms with Crippen molar-refractivity contribution in [3.8, 4) is 0 Å². The molecule has 0 aromatic heterocycles. The fraction of sp³-hybridized carbons (Fsp3) is 0.818. The van der Waals surface area contributed by atoms with Gasteiger partial charge in [-0.3, -0.25) is 0 Å². The molecule has 4 bridgehead atoms. The lowest BCUT2D eigenvalue weighted by atomic mass is 9.57. The second-order valence-corrected chi connectivity index (χ2v) is 8.39. The fourth-order valence-corrected chi connectivity index (χ4v) is 5.82. The van der Waals surface area contributed by atoms with Crippen LogP contribution in [0, 0.1) is 35.0 Å². The van der Waals surface area contributed by atoms with E-state index in [2.05, 4.69) is 45.1 Å². The molecule has 0 N–H and O–H groups in total. The molecule has 0 heterocycles. The third-order valence-corrected chi connectivity index (χ3v) is 7.56. The summed E-state index contributed by atoms with van der Waals surface area (Å²) in [5, 5.41) is 0. The zero-order chi connectivity index (χ0) is 15.6. The predicted molar refractivity (Wildman–Crippen MR) is 96.7 cm³/mol. The van der Waals surface area contributed by atoms with Crippen LogP contribution in [0.25, 0.3) is 0 Å². The molecule has 0 saturated heterocycles. The van der Waals surface area contributed by atoms with Crippen molar-refractivity contribution in [2.45, 2.75) is 78.6 Å². The summed E-state index contributed by atoms with van der Waals surface area (Å²) in [6.07, 6.45) is 22.9. The van der Waals surface area contributed by atoms with Crippen LogP contribution in [0.1, 0.15) is 78.6 Å². The lowest BCUT2D eigenvalue weighted by Gasteiger charge is -2.48. The van der Waals surface area contributed by atoms with E-state index in [9.17, 15) is 0 Å². The minimum absolute atomic E-state index is 0.692. The molecule has 5 unspecified atom stereocenters. The van der Waals surface area contributed by atoms with Gasteiger partial charge in [0.25, 0.3) is 0 Å². The monoisotopic (exact) mass is 300 g/mol. The van der Waals surface area contributed by atoms with Gasteiger partial charge in [0.15, 0.2) is 0 Å². The highest BCUT2D eigenvalue weighted by Crippen LogP contribution is 2.52. The van der Waals surface area contributed by atoms with Crippen molar-refractivity contribution >= 4 is 0 Å². The summed E-state index contributed by atoms with van der Waals surface area (Å²) in [5.41, 5.74) is 0.692. The molecule has 0 amide bonds. The second kappa shape index (κ2) is 6.93. The van der Waals surface area contributed by atoms with Crippen LogP contribution in [-0.4, -0.2) is 0 Å². The fourth-order valence-electron chi connectivity index (χ4n) is 5.82. The van der Waals surface area contributed by atoms with E-state index in [1.165, 1.54) is 57.8 Å². The smallest absolute Gasteiger partial charge is 0.0177 e. The Morgan fingerprint density at radius 2 is 1.55 bits per heavy atom. The first-order valence-corrected chi connectivity index (χ1v) is 10.1. The molecule has 0 radical (unpaired) electrons. The molecule has 2 saturated carbocycles. The van der Waals surface area contributed by atoms with Crippen LogP contribution in [0.4, 0.5) is 0 Å². The Bertz CT molecular complexity index is 412. The quantitative estimate of drug-likeness (QED) is 0.504. The molecule has 6 rings (SSSR count). The average Bonchev–Trinajstić information content (AvgIpc) is 2.63. The van der Waals surface area contributed by atoms with Gasteiger partial charge in [-0.05, 0) is 86.4 Å². The number of hydrogen-bond acceptors (Lipinski definition) is 0. The maximum atomic E-state index is 2.50. The first kappa shape index (κ1) is 16.3. The van der Waals surface area contributed by atoms with Crippen molar-refractivity contribution in [2.75, 3.05) is 0 Å². The van der Waals surface area contributed by atoms with Crippen LogP contribution in [0.2, 0.25) is 0 Å². The number of hydrogen-bond donors (Lipinski definition) is 0. The maximum absolute atomic E-state index is 2.50. The zero-order valence-electron chi connectivity index (χ0n) is 15.1. The molecule has 124 valence electrons. The minimum Gasteiger partial charge on any atom is -0.0851 e. The van der Waals surface area contributed by atoms with Crippen LogP contribution in [-0.2, 0) is 0 Å². The van der Waals surface area contributed by atoms with E-state index >= 15 is 0 Å². The Hall–Kier alpha value is -0.520. The van der Waals surface area contributed by atoms with E-state index in [0.29, 0.717) is 5.41 Å². The van der Waals surface area contributed by atoms with Crippen molar-refractivity contribution in [3.63, 3.8) is 0 Å². The SMILES string of the molecule is CCC1(CC)CC2C=CC1CC2.CCC1CC2C=CC1CC2. The third-order valence-electron chi connectivity index (χ3n) is 7.56. The zero-order valence-corrected chi connectivity index (χ0v) is 15.1. The Balaban J connectivity index is 0.000000133. The lowest BCUT2D eigenvalue weighted by molar-refractivity contribution is 0.0776. The summed E-state index contributed by atoms with van der Waals surface area (Å²) in [6.45, 7) is 7.08. The Morgan fingerprint density at radius 3 is 1.82 bits per heavy atom. The van der Waals surface area contributed by atoms with Crippen LogP contribution < -0.4 is 0 Å². The Labute approximate surface area is 138 Å². The summed E-state index contributed by atoms with van der Waals surface area (Å²) in [4.78, 5) is 0. The topological polar surface area (TPSA) is 0 Å². The summed E-state index contributed by atoms with van der Waals surface area (Å²) in [6, 6.07) is 0. The Kier molecular flexibility index (Phi) is 5.15. The van der Waals surface area contributed by atoms with E-state index in [1.807, 2.05) is 0 Å². The largest absolute Gasteiger partial charge is 0.0851 e. The molecular formula is C22H36. The van der Waals surface area contributed by atoms with Crippen LogP contribution in [0.5, 0.6) is 0 Å². The number of allylic oxidation sites excluding steroid dienone is 4. The average molecular weight is 301 g/mol. The normalized spacial score (nSPS) is 40.4. The van der Waals surface area contributed by atoms with Gasteiger partial charge in [0.2, 0.25) is 0 Å². The van der Waals surface area contributed by atoms with Gasteiger partial charge in [-0.25, -0.2) is 0 Å². The third kappa shape index (κ3) is 3.08. The molecule has 5 atom stereocenters. The molecule has 0 spiro atoms. The van der Waals surface area contributed by atoms with Crippen molar-refractivity contribution in [2.24, 2.45) is 35.0 Å². The molecule has 6 aliphatic rings. The van der Waals surface area contributed by atoms with Gasteiger partial charge >= 0.3 is 0 Å². The van der Waals surface area contributed by atoms with Crippen molar-refractivity contribution < 1.29 is 0 Å². The van der Waals surface area contributed by atoms with Gasteiger partial charge in [-0.1, -0.05) is 51.5 Å². The van der Waals surface area contributed by atoms with E-state index in [1.54, 1.807) is 0 Å². The molecular weight excluding hydrogens is 264 g/mol. The number of rotatable bonds is 3. The molecule has 0 aliphatic heterocycles. The first-order chi connectivity index (χ1) is 10.7. The lowest BCUT2D eigenvalue weighted by Crippen LogP contribution is -2.37. The van der Waals surface area contributed by atoms with E-state index in [0.717, 1.165) is 29.6 Å². The summed E-state index contributed by atoms with van der Waals surface area (Å²) in [7, 11) is 0. The van der Waals surface area contributed by atoms with Gasteiger partial charge in [0.05, 0.1) is 0 Å². The van der Waals surface area contributed by atoms with Crippen molar-refractivity contribution in [3.05, 3.63) is 24.3 Å². The van der Waals surface area contributed by atoms with E-state index < -0.39 is 0 Å². The highest BCUT2D eigenvalue weighted by molar-refractivity contribution is 5.11. The molecule has 2 fully saturated rings. The van der Waals surface area contributed by atoms with Gasteiger partial charge in [0.1, 0.15) is 0 Å². The molecule has 0 aromatic carbocycles. The van der Waals surface area contributed by atoms with Crippen molar-refractivity contribution in [1.29, 1.82) is 0 Å². The molecule has 0 nitrogen and oxygen atoms in total. The molecule has 0 aromatic rings. The van der Waals surface area contributed by atoms with Gasteiger partial charge in [-0.2, -0.15) is 0 Å². The highest BCUT2D eigenvalue weighted by atomic mass is 14.5. The summed E-state index contributed by atoms with van der Waals surface area (Å²) >= 11 is 0. The molecule has 0 heteroatoms. The minimum atomic E-state index is 0.692. The van der Waals surface area contributed by atoms with Crippen LogP contribution in [0.15, 0.2) is 24.3 Å². The molecule has 22 heavy (non-hydrogen) atoms. The maximum Gasteiger partial charge on any atom is -0.0177 e. The first-order valence-electron chi connectivity index (χ1n) is 10.1. The highest BCUT2D eigenvalue weighted by Gasteiger charge is 2.41. The van der Waals surface area contributed by atoms with Crippen LogP contribution >= 0.6 is 0 Å². The van der Waals surface area contributed by atoms with Gasteiger partial charge < -0.3 is 0 Å². The van der Waals surface area contributed by atoms with Crippen LogP contribution in [0.3, 0.4) is 0 Å². The predicted octanol–water partition coefficient (Wildman–Crippen LogP) is 6.78. The van der Waals surface area contributed by atoms with E-state index in [-0.39, 0.29) is 0 Å². The summed E-state index contributed by atoms with van der Waals surface area (Å²) in [5.74, 6) is 4.78. The van der Waals surface area contributed by atoms with E-state index in [4.69, 9.17) is 0 Å². The Morgan fingerprint density at radius 1 is 0.818 bits per heavy atom.